The van der Waals surface area contributed by atoms with Gasteiger partial charge in [-0.15, -0.1) is 0 Å². The number of imide groups is 1. The minimum atomic E-state index is -0.770. The molecule has 0 saturated carbocycles. The number of fused-ring (bicyclic) bond motifs is 1. The number of hydrogen-bond donors (Lipinski definition) is 2. The van der Waals surface area contributed by atoms with Gasteiger partial charge in [0.1, 0.15) is 11.2 Å². The summed E-state index contributed by atoms with van der Waals surface area (Å²) in [6.45, 7) is 7.76. The van der Waals surface area contributed by atoms with E-state index in [0.717, 1.165) is 42.5 Å². The summed E-state index contributed by atoms with van der Waals surface area (Å²) in [5.74, 6) is -0.197. The number of carbonyl (C=O) groups is 3. The second-order valence-electron chi connectivity index (χ2n) is 9.44. The van der Waals surface area contributed by atoms with Crippen LogP contribution in [0.15, 0.2) is 24.3 Å². The Morgan fingerprint density at radius 3 is 2.69 bits per heavy atom. The van der Waals surface area contributed by atoms with Crippen molar-refractivity contribution in [1.82, 2.24) is 25.0 Å². The molecule has 32 heavy (non-hydrogen) atoms. The molecule has 0 unspecified atom stereocenters. The van der Waals surface area contributed by atoms with Gasteiger partial charge in [0, 0.05) is 37.1 Å². The largest absolute Gasteiger partial charge is 0.351 e. The third-order valence-corrected chi connectivity index (χ3v) is 7.37. The first kappa shape index (κ1) is 21.0. The third kappa shape index (κ3) is 3.37. The Hall–Kier alpha value is -2.87. The van der Waals surface area contributed by atoms with Crippen molar-refractivity contribution in [2.24, 2.45) is 0 Å². The van der Waals surface area contributed by atoms with Crippen LogP contribution < -0.4 is 5.32 Å². The zero-order valence-corrected chi connectivity index (χ0v) is 18.8. The minimum Gasteiger partial charge on any atom is -0.351 e. The molecule has 1 atom stereocenters. The van der Waals surface area contributed by atoms with E-state index in [1.54, 1.807) is 4.90 Å². The molecule has 3 aliphatic rings. The quantitative estimate of drug-likeness (QED) is 0.720. The molecule has 2 aromatic rings. The van der Waals surface area contributed by atoms with Crippen LogP contribution in [0.5, 0.6) is 0 Å². The van der Waals surface area contributed by atoms with Crippen LogP contribution in [-0.2, 0) is 4.79 Å². The van der Waals surface area contributed by atoms with Crippen LogP contribution in [0, 0.1) is 6.92 Å². The van der Waals surface area contributed by atoms with Crippen molar-refractivity contribution in [3.8, 4) is 0 Å². The highest BCUT2D eigenvalue weighted by Crippen LogP contribution is 2.33. The molecule has 3 fully saturated rings. The lowest BCUT2D eigenvalue weighted by Gasteiger charge is -2.37. The number of aromatic amines is 1. The highest BCUT2D eigenvalue weighted by Gasteiger charge is 2.54. The predicted octanol–water partition coefficient (Wildman–Crippen LogP) is 2.49. The molecule has 1 aromatic heterocycles. The summed E-state index contributed by atoms with van der Waals surface area (Å²) in [6, 6.07) is 7.27. The van der Waals surface area contributed by atoms with Gasteiger partial charge < -0.3 is 20.1 Å². The summed E-state index contributed by atoms with van der Waals surface area (Å²) in [5, 5.41) is 4.05. The Morgan fingerprint density at radius 1 is 1.19 bits per heavy atom. The number of urea groups is 1. The number of aromatic nitrogens is 1. The molecule has 4 heterocycles. The molecular weight excluding hydrogens is 406 g/mol. The van der Waals surface area contributed by atoms with Gasteiger partial charge in [-0.3, -0.25) is 14.5 Å². The van der Waals surface area contributed by atoms with E-state index in [9.17, 15) is 14.4 Å². The highest BCUT2D eigenvalue weighted by atomic mass is 16.2. The van der Waals surface area contributed by atoms with Gasteiger partial charge in [0.2, 0.25) is 0 Å². The number of carbonyl (C=O) groups excluding carboxylic acids is 3. The topological polar surface area (TPSA) is 88.8 Å². The molecule has 0 bridgehead atoms. The number of amides is 4. The van der Waals surface area contributed by atoms with Gasteiger partial charge in [0.15, 0.2) is 0 Å². The van der Waals surface area contributed by atoms with Crippen molar-refractivity contribution in [3.05, 3.63) is 35.5 Å². The van der Waals surface area contributed by atoms with Crippen LogP contribution in [0.4, 0.5) is 4.79 Å². The maximum absolute atomic E-state index is 13.4. The molecule has 4 amide bonds. The first-order chi connectivity index (χ1) is 15.4. The molecule has 2 N–H and O–H groups in total. The number of likely N-dealkylation sites (tertiary alicyclic amines) is 2. The summed E-state index contributed by atoms with van der Waals surface area (Å²) in [5.41, 5.74) is 1.83. The zero-order chi connectivity index (χ0) is 22.5. The maximum Gasteiger partial charge on any atom is 0.325 e. The second-order valence-corrected chi connectivity index (χ2v) is 9.44. The number of benzene rings is 1. The summed E-state index contributed by atoms with van der Waals surface area (Å²) in [4.78, 5) is 48.0. The van der Waals surface area contributed by atoms with E-state index in [2.05, 4.69) is 22.1 Å². The maximum atomic E-state index is 13.4. The van der Waals surface area contributed by atoms with E-state index in [4.69, 9.17) is 0 Å². The number of aryl methyl sites for hydroxylation is 1. The van der Waals surface area contributed by atoms with Crippen molar-refractivity contribution in [2.75, 3.05) is 32.7 Å². The lowest BCUT2D eigenvalue weighted by atomic mass is 9.87. The lowest BCUT2D eigenvalue weighted by molar-refractivity contribution is -0.134. The van der Waals surface area contributed by atoms with Gasteiger partial charge in [0.25, 0.3) is 11.8 Å². The van der Waals surface area contributed by atoms with Gasteiger partial charge >= 0.3 is 6.03 Å². The van der Waals surface area contributed by atoms with Crippen LogP contribution in [0.1, 0.15) is 48.7 Å². The third-order valence-electron chi connectivity index (χ3n) is 7.37. The first-order valence-electron chi connectivity index (χ1n) is 11.7. The van der Waals surface area contributed by atoms with Crippen molar-refractivity contribution in [1.29, 1.82) is 0 Å². The van der Waals surface area contributed by atoms with Crippen molar-refractivity contribution in [2.45, 2.75) is 51.1 Å². The van der Waals surface area contributed by atoms with E-state index in [1.807, 2.05) is 31.2 Å². The van der Waals surface area contributed by atoms with Crippen LogP contribution >= 0.6 is 0 Å². The SMILES string of the molecule is CCCN1CCC2(CC1)NC(=O)N([C@H]1CCN(C(=O)c3cc4c(C)cccc4[nH]3)C1)C2=O. The molecule has 5 rings (SSSR count). The summed E-state index contributed by atoms with van der Waals surface area (Å²) < 4.78 is 0. The van der Waals surface area contributed by atoms with E-state index in [1.165, 1.54) is 4.90 Å². The molecule has 8 nitrogen and oxygen atoms in total. The van der Waals surface area contributed by atoms with Gasteiger partial charge in [0.05, 0.1) is 6.04 Å². The van der Waals surface area contributed by atoms with Crippen LogP contribution in [0.2, 0.25) is 0 Å². The van der Waals surface area contributed by atoms with Crippen LogP contribution in [0.25, 0.3) is 10.9 Å². The van der Waals surface area contributed by atoms with Gasteiger partial charge in [-0.1, -0.05) is 19.1 Å². The number of piperidine rings is 1. The Balaban J connectivity index is 1.28. The van der Waals surface area contributed by atoms with Crippen molar-refractivity contribution < 1.29 is 14.4 Å². The number of hydrogen-bond acceptors (Lipinski definition) is 4. The fraction of sp³-hybridized carbons (Fsp3) is 0.542. The molecule has 1 aromatic carbocycles. The molecule has 3 aliphatic heterocycles. The fourth-order valence-electron chi connectivity index (χ4n) is 5.52. The van der Waals surface area contributed by atoms with Gasteiger partial charge in [-0.05, 0) is 56.8 Å². The number of H-pyrrole nitrogens is 1. The average molecular weight is 438 g/mol. The lowest BCUT2D eigenvalue weighted by Crippen LogP contribution is -2.55. The number of nitrogens with one attached hydrogen (secondary N) is 2. The molecule has 8 heteroatoms. The number of nitrogens with zero attached hydrogens (tertiary/aromatic N) is 3. The monoisotopic (exact) mass is 437 g/mol. The standard InChI is InChI=1S/C24H31N5O3/c1-3-10-27-12-8-24(9-13-27)22(31)29(23(32)26-24)17-7-11-28(15-17)21(30)20-14-18-16(2)5-4-6-19(18)25-20/h4-6,14,17,25H,3,7-13,15H2,1-2H3,(H,26,32)/t17-/m0/s1. The highest BCUT2D eigenvalue weighted by molar-refractivity contribution is 6.07. The smallest absolute Gasteiger partial charge is 0.325 e. The molecular formula is C24H31N5O3. The van der Waals surface area contributed by atoms with E-state index >= 15 is 0 Å². The predicted molar refractivity (Wildman–Crippen MR) is 121 cm³/mol. The normalized spacial score (nSPS) is 23.5. The molecule has 0 aliphatic carbocycles. The van der Waals surface area contributed by atoms with E-state index < -0.39 is 5.54 Å². The second kappa shape index (κ2) is 7.92. The summed E-state index contributed by atoms with van der Waals surface area (Å²) in [7, 11) is 0. The summed E-state index contributed by atoms with van der Waals surface area (Å²) in [6.07, 6.45) is 3.00. The Kier molecular flexibility index (Phi) is 5.20. The Morgan fingerprint density at radius 2 is 1.97 bits per heavy atom. The van der Waals surface area contributed by atoms with Gasteiger partial charge in [-0.25, -0.2) is 4.79 Å². The van der Waals surface area contributed by atoms with Crippen LogP contribution in [0.3, 0.4) is 0 Å². The molecule has 0 radical (unpaired) electrons. The average Bonchev–Trinajstić information content (AvgIpc) is 3.48. The number of rotatable bonds is 4. The Bertz CT molecular complexity index is 1070. The first-order valence-corrected chi connectivity index (χ1v) is 11.7. The molecule has 170 valence electrons. The molecule has 1 spiro atoms. The van der Waals surface area contributed by atoms with Crippen molar-refractivity contribution in [3.63, 3.8) is 0 Å². The zero-order valence-electron chi connectivity index (χ0n) is 18.8. The van der Waals surface area contributed by atoms with E-state index in [-0.39, 0.29) is 23.9 Å². The van der Waals surface area contributed by atoms with Crippen LogP contribution in [-0.4, -0.2) is 81.8 Å². The van der Waals surface area contributed by atoms with Crippen molar-refractivity contribution >= 4 is 28.7 Å². The molecule has 3 saturated heterocycles. The summed E-state index contributed by atoms with van der Waals surface area (Å²) >= 11 is 0. The fourth-order valence-corrected chi connectivity index (χ4v) is 5.52. The van der Waals surface area contributed by atoms with E-state index in [0.29, 0.717) is 38.0 Å². The minimum absolute atomic E-state index is 0.0854. The van der Waals surface area contributed by atoms with Gasteiger partial charge in [-0.2, -0.15) is 0 Å². The Labute approximate surface area is 187 Å².